The van der Waals surface area contributed by atoms with E-state index in [0.717, 1.165) is 36.8 Å². The second-order valence-corrected chi connectivity index (χ2v) is 10.2. The van der Waals surface area contributed by atoms with Crippen LogP contribution in [0.3, 0.4) is 0 Å². The maximum absolute atomic E-state index is 13.2. The fourth-order valence-corrected chi connectivity index (χ4v) is 5.13. The molecule has 3 rings (SSSR count). The molecule has 0 spiro atoms. The molecule has 32 heavy (non-hydrogen) atoms. The van der Waals surface area contributed by atoms with Crippen molar-refractivity contribution in [2.45, 2.75) is 57.0 Å². The predicted molar refractivity (Wildman–Crippen MR) is 134 cm³/mol. The molecule has 0 radical (unpaired) electrons. The maximum Gasteiger partial charge on any atom is 0.242 e. The van der Waals surface area contributed by atoms with Crippen molar-refractivity contribution in [3.05, 3.63) is 68.7 Å². The highest BCUT2D eigenvalue weighted by Crippen LogP contribution is 2.25. The molecule has 1 fully saturated rings. The smallest absolute Gasteiger partial charge is 0.242 e. The van der Waals surface area contributed by atoms with Crippen molar-refractivity contribution < 1.29 is 9.59 Å². The first-order valence-corrected chi connectivity index (χ1v) is 13.0. The Labute approximate surface area is 209 Å². The van der Waals surface area contributed by atoms with Crippen LogP contribution in [0.15, 0.2) is 42.5 Å². The summed E-state index contributed by atoms with van der Waals surface area (Å²) in [6, 6.07) is 12.5. The summed E-state index contributed by atoms with van der Waals surface area (Å²) in [6.45, 7) is 2.06. The third kappa shape index (κ3) is 7.05. The standard InChI is InChI=1S/C24H27Cl3N2O2S/c1-16(24(31)28-19-7-3-4-8-19)29(13-18-6-2-5-9-20(18)25)23(30)15-32-14-17-10-11-21(26)22(27)12-17/h2,5-6,9-12,16,19H,3-4,7-8,13-15H2,1H3,(H,28,31). The van der Waals surface area contributed by atoms with Gasteiger partial charge in [0, 0.05) is 23.4 Å². The van der Waals surface area contributed by atoms with Gasteiger partial charge in [-0.05, 0) is 49.1 Å². The largest absolute Gasteiger partial charge is 0.352 e. The number of hydrogen-bond donors (Lipinski definition) is 1. The molecule has 0 aliphatic heterocycles. The lowest BCUT2D eigenvalue weighted by Crippen LogP contribution is -2.50. The summed E-state index contributed by atoms with van der Waals surface area (Å²) in [5.74, 6) is 0.632. The van der Waals surface area contributed by atoms with Crippen LogP contribution >= 0.6 is 46.6 Å². The van der Waals surface area contributed by atoms with Crippen molar-refractivity contribution in [2.75, 3.05) is 5.75 Å². The molecular formula is C24H27Cl3N2O2S. The number of amides is 2. The molecule has 2 amide bonds. The Hall–Kier alpha value is -1.40. The zero-order valence-electron chi connectivity index (χ0n) is 18.0. The first-order chi connectivity index (χ1) is 15.3. The van der Waals surface area contributed by atoms with E-state index in [1.807, 2.05) is 24.3 Å². The van der Waals surface area contributed by atoms with Crippen LogP contribution in [0.1, 0.15) is 43.7 Å². The molecule has 8 heteroatoms. The minimum atomic E-state index is -0.593. The van der Waals surface area contributed by atoms with Gasteiger partial charge in [-0.15, -0.1) is 11.8 Å². The first kappa shape index (κ1) is 25.2. The van der Waals surface area contributed by atoms with Crippen molar-refractivity contribution in [2.24, 2.45) is 0 Å². The van der Waals surface area contributed by atoms with Crippen molar-refractivity contribution in [3.63, 3.8) is 0 Å². The van der Waals surface area contributed by atoms with Gasteiger partial charge in [-0.3, -0.25) is 9.59 Å². The number of halogens is 3. The molecule has 172 valence electrons. The molecule has 4 nitrogen and oxygen atoms in total. The summed E-state index contributed by atoms with van der Waals surface area (Å²) in [6.07, 6.45) is 4.26. The van der Waals surface area contributed by atoms with Gasteiger partial charge >= 0.3 is 0 Å². The Balaban J connectivity index is 1.66. The normalized spacial score (nSPS) is 14.9. The van der Waals surface area contributed by atoms with Crippen LogP contribution in [0.2, 0.25) is 15.1 Å². The van der Waals surface area contributed by atoms with Gasteiger partial charge in [0.1, 0.15) is 6.04 Å². The first-order valence-electron chi connectivity index (χ1n) is 10.7. The average Bonchev–Trinajstić information content (AvgIpc) is 3.28. The van der Waals surface area contributed by atoms with Crippen LogP contribution in [0.25, 0.3) is 0 Å². The predicted octanol–water partition coefficient (Wildman–Crippen LogP) is 6.36. The van der Waals surface area contributed by atoms with Crippen molar-refractivity contribution in [3.8, 4) is 0 Å². The maximum atomic E-state index is 13.2. The van der Waals surface area contributed by atoms with Crippen LogP contribution < -0.4 is 5.32 Å². The Kier molecular flexibility index (Phi) is 9.60. The van der Waals surface area contributed by atoms with Crippen LogP contribution in [0.4, 0.5) is 0 Å². The molecule has 1 atom stereocenters. The van der Waals surface area contributed by atoms with Gasteiger partial charge in [-0.2, -0.15) is 0 Å². The SMILES string of the molecule is CC(C(=O)NC1CCCC1)N(Cc1ccccc1Cl)C(=O)CSCc1ccc(Cl)c(Cl)c1. The zero-order chi connectivity index (χ0) is 23.1. The molecule has 0 aromatic heterocycles. The van der Waals surface area contributed by atoms with Crippen LogP contribution in [-0.2, 0) is 21.9 Å². The van der Waals surface area contributed by atoms with E-state index in [1.54, 1.807) is 30.0 Å². The lowest BCUT2D eigenvalue weighted by atomic mass is 10.1. The molecule has 0 heterocycles. The van der Waals surface area contributed by atoms with Crippen molar-refractivity contribution in [1.82, 2.24) is 10.2 Å². The van der Waals surface area contributed by atoms with E-state index in [1.165, 1.54) is 11.8 Å². The van der Waals surface area contributed by atoms with E-state index in [9.17, 15) is 9.59 Å². The number of rotatable bonds is 9. The summed E-state index contributed by atoms with van der Waals surface area (Å²) in [5.41, 5.74) is 1.80. The average molecular weight is 514 g/mol. The van der Waals surface area contributed by atoms with Crippen LogP contribution in [0.5, 0.6) is 0 Å². The van der Waals surface area contributed by atoms with E-state index in [2.05, 4.69) is 5.32 Å². The molecule has 0 saturated heterocycles. The Morgan fingerprint density at radius 1 is 1.06 bits per heavy atom. The highest BCUT2D eigenvalue weighted by molar-refractivity contribution is 7.99. The molecule has 1 N–H and O–H groups in total. The molecule has 1 aliphatic carbocycles. The fraction of sp³-hybridized carbons (Fsp3) is 0.417. The van der Waals surface area contributed by atoms with Crippen LogP contribution in [-0.4, -0.2) is 34.6 Å². The van der Waals surface area contributed by atoms with Crippen LogP contribution in [0, 0.1) is 0 Å². The number of hydrogen-bond acceptors (Lipinski definition) is 3. The molecule has 0 bridgehead atoms. The summed E-state index contributed by atoms with van der Waals surface area (Å²) >= 11 is 19.9. The molecular weight excluding hydrogens is 487 g/mol. The van der Waals surface area contributed by atoms with E-state index in [0.29, 0.717) is 20.8 Å². The van der Waals surface area contributed by atoms with E-state index in [-0.39, 0.29) is 30.2 Å². The Bertz CT molecular complexity index is 951. The summed E-state index contributed by atoms with van der Waals surface area (Å²) in [4.78, 5) is 27.7. The zero-order valence-corrected chi connectivity index (χ0v) is 21.0. The van der Waals surface area contributed by atoms with E-state index < -0.39 is 6.04 Å². The topological polar surface area (TPSA) is 49.4 Å². The third-order valence-electron chi connectivity index (χ3n) is 5.65. The van der Waals surface area contributed by atoms with Crippen molar-refractivity contribution in [1.29, 1.82) is 0 Å². The number of nitrogens with one attached hydrogen (secondary N) is 1. The highest BCUT2D eigenvalue weighted by Gasteiger charge is 2.28. The van der Waals surface area contributed by atoms with Gasteiger partial charge in [0.05, 0.1) is 15.8 Å². The van der Waals surface area contributed by atoms with Gasteiger partial charge in [0.15, 0.2) is 0 Å². The highest BCUT2D eigenvalue weighted by atomic mass is 35.5. The second kappa shape index (κ2) is 12.2. The van der Waals surface area contributed by atoms with Gasteiger partial charge < -0.3 is 10.2 Å². The molecule has 1 unspecified atom stereocenters. The molecule has 2 aromatic rings. The van der Waals surface area contributed by atoms with Gasteiger partial charge in [0.25, 0.3) is 0 Å². The van der Waals surface area contributed by atoms with Crippen molar-refractivity contribution >= 4 is 58.4 Å². The number of carbonyl (C=O) groups is 2. The second-order valence-electron chi connectivity index (χ2n) is 8.02. The quantitative estimate of drug-likeness (QED) is 0.425. The molecule has 1 aliphatic rings. The third-order valence-corrected chi connectivity index (χ3v) is 7.74. The van der Waals surface area contributed by atoms with Gasteiger partial charge in [-0.1, -0.05) is 71.9 Å². The number of benzene rings is 2. The molecule has 2 aromatic carbocycles. The minimum absolute atomic E-state index is 0.107. The lowest BCUT2D eigenvalue weighted by molar-refractivity contribution is -0.138. The van der Waals surface area contributed by atoms with Gasteiger partial charge in [0.2, 0.25) is 11.8 Å². The Morgan fingerprint density at radius 3 is 2.47 bits per heavy atom. The Morgan fingerprint density at radius 2 is 1.78 bits per heavy atom. The monoisotopic (exact) mass is 512 g/mol. The number of carbonyl (C=O) groups excluding carboxylic acids is 2. The summed E-state index contributed by atoms with van der Waals surface area (Å²) in [5, 5.41) is 4.69. The van der Waals surface area contributed by atoms with Gasteiger partial charge in [-0.25, -0.2) is 0 Å². The van der Waals surface area contributed by atoms with E-state index >= 15 is 0 Å². The fourth-order valence-electron chi connectivity index (χ4n) is 3.75. The van der Waals surface area contributed by atoms with E-state index in [4.69, 9.17) is 34.8 Å². The summed E-state index contributed by atoms with van der Waals surface area (Å²) < 4.78 is 0. The minimum Gasteiger partial charge on any atom is -0.352 e. The summed E-state index contributed by atoms with van der Waals surface area (Å²) in [7, 11) is 0. The lowest BCUT2D eigenvalue weighted by Gasteiger charge is -2.30. The molecule has 1 saturated carbocycles. The number of thioether (sulfide) groups is 1. The number of nitrogens with zero attached hydrogens (tertiary/aromatic N) is 1.